The van der Waals surface area contributed by atoms with Gasteiger partial charge in [-0.2, -0.15) is 5.26 Å². The summed E-state index contributed by atoms with van der Waals surface area (Å²) >= 11 is 1.30. The molecule has 0 aliphatic carbocycles. The second-order valence-corrected chi connectivity index (χ2v) is 9.65. The van der Waals surface area contributed by atoms with Crippen LogP contribution in [-0.4, -0.2) is 25.6 Å². The highest BCUT2D eigenvalue weighted by atomic mass is 32.2. The molecule has 0 saturated carbocycles. The topological polar surface area (TPSA) is 103 Å². The van der Waals surface area contributed by atoms with Gasteiger partial charge < -0.3 is 4.90 Å². The number of nitriles is 1. The molecule has 0 saturated heterocycles. The van der Waals surface area contributed by atoms with Crippen LogP contribution in [0, 0.1) is 18.3 Å². The number of nitrogens with zero attached hydrogens (tertiary/aromatic N) is 3. The van der Waals surface area contributed by atoms with E-state index in [0.29, 0.717) is 15.6 Å². The van der Waals surface area contributed by atoms with E-state index in [-0.39, 0.29) is 11.7 Å². The molecule has 1 aromatic heterocycles. The summed E-state index contributed by atoms with van der Waals surface area (Å²) in [6.45, 7) is 3.74. The molecule has 1 amide bonds. The summed E-state index contributed by atoms with van der Waals surface area (Å²) in [4.78, 5) is 19.4. The van der Waals surface area contributed by atoms with Gasteiger partial charge in [0.15, 0.2) is 5.13 Å². The van der Waals surface area contributed by atoms with Crippen LogP contribution < -0.4 is 9.62 Å². The van der Waals surface area contributed by atoms with Crippen LogP contribution in [0.2, 0.25) is 0 Å². The van der Waals surface area contributed by atoms with Gasteiger partial charge in [0.25, 0.3) is 5.91 Å². The van der Waals surface area contributed by atoms with Crippen LogP contribution >= 0.6 is 11.3 Å². The zero-order chi connectivity index (χ0) is 21.9. The Morgan fingerprint density at radius 1 is 1.17 bits per heavy atom. The van der Waals surface area contributed by atoms with Crippen molar-refractivity contribution in [1.29, 1.82) is 5.26 Å². The van der Waals surface area contributed by atoms with Gasteiger partial charge in [0.1, 0.15) is 5.69 Å². The fraction of sp³-hybridized carbons (Fsp3) is 0.190. The number of rotatable bonds is 6. The lowest BCUT2D eigenvalue weighted by atomic mass is 10.1. The number of sulfonamides is 1. The molecule has 0 aliphatic rings. The summed E-state index contributed by atoms with van der Waals surface area (Å²) in [5, 5.41) is 9.65. The summed E-state index contributed by atoms with van der Waals surface area (Å²) < 4.78 is 24.9. The van der Waals surface area contributed by atoms with Crippen LogP contribution in [0.3, 0.4) is 0 Å². The van der Waals surface area contributed by atoms with Crippen LogP contribution in [0.1, 0.15) is 39.5 Å². The Balaban J connectivity index is 2.07. The van der Waals surface area contributed by atoms with Crippen molar-refractivity contribution in [2.24, 2.45) is 0 Å². The lowest BCUT2D eigenvalue weighted by Gasteiger charge is -2.29. The van der Waals surface area contributed by atoms with Gasteiger partial charge in [-0.15, -0.1) is 11.3 Å². The van der Waals surface area contributed by atoms with E-state index in [0.717, 1.165) is 17.5 Å². The first-order valence-corrected chi connectivity index (χ1v) is 11.7. The predicted octanol–water partition coefficient (Wildman–Crippen LogP) is 3.91. The van der Waals surface area contributed by atoms with Crippen LogP contribution in [0.4, 0.5) is 10.8 Å². The predicted molar refractivity (Wildman–Crippen MR) is 117 cm³/mol. The van der Waals surface area contributed by atoms with Crippen LogP contribution in [0.25, 0.3) is 0 Å². The highest BCUT2D eigenvalue weighted by molar-refractivity contribution is 7.89. The Labute approximate surface area is 179 Å². The van der Waals surface area contributed by atoms with Gasteiger partial charge in [-0.25, -0.2) is 18.1 Å². The maximum absolute atomic E-state index is 12.4. The minimum atomic E-state index is -3.70. The largest absolute Gasteiger partial charge is 0.311 e. The van der Waals surface area contributed by atoms with Gasteiger partial charge in [0.05, 0.1) is 23.9 Å². The maximum atomic E-state index is 12.4. The zero-order valence-electron chi connectivity index (χ0n) is 16.7. The van der Waals surface area contributed by atoms with E-state index in [1.54, 1.807) is 19.1 Å². The number of thiazole rings is 1. The summed E-state index contributed by atoms with van der Waals surface area (Å²) in [6, 6.07) is 18.9. The van der Waals surface area contributed by atoms with Crippen LogP contribution in [-0.2, 0) is 10.0 Å². The van der Waals surface area contributed by atoms with E-state index in [1.165, 1.54) is 11.3 Å². The molecule has 0 bridgehead atoms. The smallest absolute Gasteiger partial charge is 0.284 e. The number of hydrogen-bond acceptors (Lipinski definition) is 7. The lowest BCUT2D eigenvalue weighted by molar-refractivity contribution is 0.0977. The average molecular weight is 441 g/mol. The molecular weight excluding hydrogens is 420 g/mol. The molecule has 3 aromatic rings. The Hall–Kier alpha value is -3.22. The molecule has 0 fully saturated rings. The summed E-state index contributed by atoms with van der Waals surface area (Å²) in [5.74, 6) is -0.760. The van der Waals surface area contributed by atoms with Gasteiger partial charge in [0.2, 0.25) is 10.0 Å². The first-order chi connectivity index (χ1) is 14.2. The molecule has 2 aromatic carbocycles. The molecule has 30 heavy (non-hydrogen) atoms. The zero-order valence-corrected chi connectivity index (χ0v) is 18.3. The van der Waals surface area contributed by atoms with Gasteiger partial charge >= 0.3 is 0 Å². The third kappa shape index (κ3) is 4.84. The summed E-state index contributed by atoms with van der Waals surface area (Å²) in [7, 11) is -3.70. The van der Waals surface area contributed by atoms with Crippen molar-refractivity contribution in [2.45, 2.75) is 19.9 Å². The van der Waals surface area contributed by atoms with Crippen molar-refractivity contribution in [2.75, 3.05) is 11.2 Å². The number of carbonyl (C=O) groups is 1. The first kappa shape index (κ1) is 21.5. The van der Waals surface area contributed by atoms with Crippen molar-refractivity contribution in [3.05, 3.63) is 76.3 Å². The second kappa shape index (κ2) is 8.65. The standard InChI is InChI=1S/C21H20N4O3S2/c1-14(17-7-5-4-6-8-17)25(18-11-9-16(13-22)10-12-18)21-23-19(15(2)29-21)20(26)24-30(3,27)28/h4-12,14H,1-3H3,(H,24,26). The first-order valence-electron chi connectivity index (χ1n) is 9.03. The molecule has 9 heteroatoms. The van der Waals surface area contributed by atoms with Crippen molar-refractivity contribution in [1.82, 2.24) is 9.71 Å². The minimum absolute atomic E-state index is 0.0688. The highest BCUT2D eigenvalue weighted by Crippen LogP contribution is 2.38. The SMILES string of the molecule is Cc1sc(N(c2ccc(C#N)cc2)C(C)c2ccccc2)nc1C(=O)NS(C)(=O)=O. The van der Waals surface area contributed by atoms with Crippen LogP contribution in [0.15, 0.2) is 54.6 Å². The van der Waals surface area contributed by atoms with E-state index in [4.69, 9.17) is 5.26 Å². The monoisotopic (exact) mass is 440 g/mol. The molecule has 1 N–H and O–H groups in total. The molecule has 1 heterocycles. The van der Waals surface area contributed by atoms with E-state index < -0.39 is 15.9 Å². The number of anilines is 2. The normalized spacial score (nSPS) is 12.1. The van der Waals surface area contributed by atoms with Gasteiger partial charge in [-0.3, -0.25) is 4.79 Å². The van der Waals surface area contributed by atoms with E-state index >= 15 is 0 Å². The van der Waals surface area contributed by atoms with Crippen molar-refractivity contribution >= 4 is 38.1 Å². The van der Waals surface area contributed by atoms with Gasteiger partial charge in [0, 0.05) is 10.6 Å². The maximum Gasteiger partial charge on any atom is 0.284 e. The van der Waals surface area contributed by atoms with Crippen molar-refractivity contribution < 1.29 is 13.2 Å². The average Bonchev–Trinajstić information content (AvgIpc) is 3.09. The number of amides is 1. The number of carbonyl (C=O) groups excluding carboxylic acids is 1. The van der Waals surface area contributed by atoms with Gasteiger partial charge in [-0.05, 0) is 43.7 Å². The molecule has 0 spiro atoms. The Kier molecular flexibility index (Phi) is 6.20. The van der Waals surface area contributed by atoms with Crippen LogP contribution in [0.5, 0.6) is 0 Å². The summed E-state index contributed by atoms with van der Waals surface area (Å²) in [6.07, 6.45) is 0.925. The van der Waals surface area contributed by atoms with Crippen molar-refractivity contribution in [3.8, 4) is 6.07 Å². The molecule has 0 radical (unpaired) electrons. The highest BCUT2D eigenvalue weighted by Gasteiger charge is 2.25. The number of nitrogens with one attached hydrogen (secondary N) is 1. The number of hydrogen-bond donors (Lipinski definition) is 1. The van der Waals surface area contributed by atoms with Crippen molar-refractivity contribution in [3.63, 3.8) is 0 Å². The third-order valence-corrected chi connectivity index (χ3v) is 5.95. The lowest BCUT2D eigenvalue weighted by Crippen LogP contribution is -2.30. The molecule has 1 atom stereocenters. The number of aromatic nitrogens is 1. The Bertz CT molecular complexity index is 1200. The third-order valence-electron chi connectivity index (χ3n) is 4.43. The molecule has 7 nitrogen and oxygen atoms in total. The fourth-order valence-corrected chi connectivity index (χ4v) is 4.43. The quantitative estimate of drug-likeness (QED) is 0.623. The minimum Gasteiger partial charge on any atom is -0.311 e. The molecule has 154 valence electrons. The second-order valence-electron chi connectivity index (χ2n) is 6.72. The van der Waals surface area contributed by atoms with Gasteiger partial charge in [-0.1, -0.05) is 30.3 Å². The number of benzene rings is 2. The molecular formula is C21H20N4O3S2. The van der Waals surface area contributed by atoms with E-state index in [9.17, 15) is 13.2 Å². The Morgan fingerprint density at radius 3 is 2.37 bits per heavy atom. The molecule has 3 rings (SSSR count). The summed E-state index contributed by atoms with van der Waals surface area (Å²) in [5.41, 5.74) is 2.44. The Morgan fingerprint density at radius 2 is 1.80 bits per heavy atom. The van der Waals surface area contributed by atoms with E-state index in [2.05, 4.69) is 11.1 Å². The van der Waals surface area contributed by atoms with E-state index in [1.807, 2.05) is 59.0 Å². The molecule has 0 aliphatic heterocycles. The number of aryl methyl sites for hydroxylation is 1. The fourth-order valence-electron chi connectivity index (χ4n) is 2.99. The molecule has 1 unspecified atom stereocenters.